The lowest BCUT2D eigenvalue weighted by atomic mass is 10.0. The van der Waals surface area contributed by atoms with Crippen LogP contribution < -0.4 is 16.6 Å². The molecule has 4 rings (SSSR count). The minimum absolute atomic E-state index is 0.342. The molecule has 0 aliphatic rings. The molecule has 0 amide bonds. The van der Waals surface area contributed by atoms with Gasteiger partial charge in [0, 0.05) is 34.3 Å². The topological polar surface area (TPSA) is 90.2 Å². The van der Waals surface area contributed by atoms with Gasteiger partial charge in [0.15, 0.2) is 0 Å². The third kappa shape index (κ3) is 4.59. The molecule has 4 aromatic rings. The molecule has 0 saturated heterocycles. The molecule has 0 bridgehead atoms. The van der Waals surface area contributed by atoms with Crippen LogP contribution in [0.3, 0.4) is 0 Å². The van der Waals surface area contributed by atoms with Crippen molar-refractivity contribution in [2.45, 2.75) is 24.9 Å². The molecular weight excluding hydrogens is 449 g/mol. The number of aromatic nitrogens is 2. The lowest BCUT2D eigenvalue weighted by Gasteiger charge is -2.26. The minimum atomic E-state index is -1.20. The Balaban J connectivity index is 1.90. The van der Waals surface area contributed by atoms with E-state index in [0.717, 1.165) is 16.7 Å². The van der Waals surface area contributed by atoms with E-state index in [-0.39, 0.29) is 0 Å². The first-order valence-corrected chi connectivity index (χ1v) is 11.4. The number of aryl methyl sites for hydroxylation is 1. The molecule has 0 radical (unpaired) electrons. The van der Waals surface area contributed by atoms with Crippen LogP contribution in [0.25, 0.3) is 22.5 Å². The quantitative estimate of drug-likeness (QED) is 0.215. The van der Waals surface area contributed by atoms with E-state index in [0.29, 0.717) is 45.2 Å². The highest BCUT2D eigenvalue weighted by molar-refractivity contribution is 7.65. The molecule has 6 nitrogen and oxygen atoms in total. The van der Waals surface area contributed by atoms with Gasteiger partial charge < -0.3 is 10.3 Å². The summed E-state index contributed by atoms with van der Waals surface area (Å²) in [7, 11) is 0. The molecule has 3 aromatic carbocycles. The second-order valence-corrected chi connectivity index (χ2v) is 8.44. The maximum Gasteiger partial charge on any atom is 0.505 e. The highest BCUT2D eigenvalue weighted by Crippen LogP contribution is 2.34. The van der Waals surface area contributed by atoms with Crippen LogP contribution in [-0.4, -0.2) is 9.55 Å². The van der Waals surface area contributed by atoms with Crippen molar-refractivity contribution in [3.63, 3.8) is 0 Å². The van der Waals surface area contributed by atoms with Crippen molar-refractivity contribution < 1.29 is 8.60 Å². The van der Waals surface area contributed by atoms with E-state index in [4.69, 9.17) is 11.6 Å². The third-order valence-electron chi connectivity index (χ3n) is 5.55. The van der Waals surface area contributed by atoms with E-state index >= 15 is 0 Å². The highest BCUT2D eigenvalue weighted by atomic mass is 32.1. The Bertz CT molecular complexity index is 1350. The van der Waals surface area contributed by atoms with E-state index in [1.807, 2.05) is 78.2 Å². The van der Waals surface area contributed by atoms with Crippen molar-refractivity contribution in [2.75, 3.05) is 5.01 Å². The van der Waals surface area contributed by atoms with E-state index in [1.165, 1.54) is 18.1 Å². The van der Waals surface area contributed by atoms with Crippen LogP contribution in [0.1, 0.15) is 30.2 Å². The molecule has 0 saturated carbocycles. The van der Waals surface area contributed by atoms with Crippen molar-refractivity contribution in [1.82, 2.24) is 9.55 Å². The zero-order chi connectivity index (χ0) is 24.2. The van der Waals surface area contributed by atoms with Crippen molar-refractivity contribution in [1.29, 1.82) is 0 Å². The van der Waals surface area contributed by atoms with Gasteiger partial charge in [0.05, 0.1) is 22.8 Å². The number of rotatable bonds is 7. The van der Waals surface area contributed by atoms with Crippen molar-refractivity contribution in [2.24, 2.45) is 11.6 Å². The van der Waals surface area contributed by atoms with Gasteiger partial charge in [0.25, 0.3) is 4.90 Å². The molecule has 0 aliphatic carbocycles. The first kappa shape index (κ1) is 23.3. The summed E-state index contributed by atoms with van der Waals surface area (Å²) >= 11 is 0.443. The second kappa shape index (κ2) is 9.94. The predicted octanol–water partition coefficient (Wildman–Crippen LogP) is 5.30. The first-order valence-electron chi connectivity index (χ1n) is 10.7. The van der Waals surface area contributed by atoms with E-state index < -0.39 is 6.17 Å². The monoisotopic (exact) mass is 474 g/mol. The van der Waals surface area contributed by atoms with Gasteiger partial charge in [-0.3, -0.25) is 5.01 Å². The molecule has 4 N–H and O–H groups in total. The molecule has 1 unspecified atom stereocenters. The number of anilines is 1. The molecule has 0 spiro atoms. The summed E-state index contributed by atoms with van der Waals surface area (Å²) < 4.78 is 27.1. The second-order valence-electron chi connectivity index (χ2n) is 7.80. The highest BCUT2D eigenvalue weighted by Gasteiger charge is 2.20. The smallest absolute Gasteiger partial charge is 0.403 e. The van der Waals surface area contributed by atoms with Crippen LogP contribution in [0.5, 0.6) is 0 Å². The van der Waals surface area contributed by atoms with Crippen molar-refractivity contribution >= 4 is 23.1 Å². The molecule has 0 fully saturated rings. The van der Waals surface area contributed by atoms with Gasteiger partial charge in [-0.15, -0.1) is 0 Å². The molecular formula is C26H25FN5OS+. The van der Waals surface area contributed by atoms with Crippen LogP contribution in [0.2, 0.25) is 0 Å². The number of hydrogen-bond donors (Lipinski definition) is 2. The van der Waals surface area contributed by atoms with E-state index in [9.17, 15) is 8.60 Å². The standard InChI is InChI=1S/C26H25FN5OS/c1-17(27)23-16-31(18(2)30-23)24-12-11-21(20-9-6-10-22(13-20)34-33)14-25(24)32(29)26(15-28)19-7-4-3-5-8-19/h3-17H,28-29H2,1-2H3/q+1/b26-15-. The number of imidazole rings is 1. The minimum Gasteiger partial charge on any atom is -0.403 e. The summed E-state index contributed by atoms with van der Waals surface area (Å²) in [4.78, 5) is 4.98. The Kier molecular flexibility index (Phi) is 6.81. The maximum atomic E-state index is 14.0. The van der Waals surface area contributed by atoms with Gasteiger partial charge in [0.2, 0.25) is 0 Å². The molecule has 1 atom stereocenters. The van der Waals surface area contributed by atoms with Gasteiger partial charge >= 0.3 is 11.7 Å². The Morgan fingerprint density at radius 2 is 1.82 bits per heavy atom. The van der Waals surface area contributed by atoms with Crippen molar-refractivity contribution in [3.05, 3.63) is 102 Å². The van der Waals surface area contributed by atoms with Gasteiger partial charge in [-0.25, -0.2) is 15.2 Å². The SMILES string of the molecule is Cc1nc(C(C)F)cn1-c1ccc(-c2cccc([S+]=O)c2)cc1N(N)/C(=C\N)c1ccccc1. The van der Waals surface area contributed by atoms with Crippen LogP contribution in [0.15, 0.2) is 90.1 Å². The molecule has 0 aliphatic heterocycles. The number of benzene rings is 3. The molecule has 1 heterocycles. The molecule has 172 valence electrons. The zero-order valence-corrected chi connectivity index (χ0v) is 19.7. The van der Waals surface area contributed by atoms with E-state index in [2.05, 4.69) is 4.98 Å². The number of alkyl halides is 1. The number of nitrogens with two attached hydrogens (primary N) is 2. The van der Waals surface area contributed by atoms with Crippen LogP contribution >= 0.6 is 0 Å². The predicted molar refractivity (Wildman–Crippen MR) is 135 cm³/mol. The van der Waals surface area contributed by atoms with Gasteiger partial charge in [-0.05, 0) is 37.1 Å². The molecule has 1 aromatic heterocycles. The molecule has 8 heteroatoms. The summed E-state index contributed by atoms with van der Waals surface area (Å²) in [5.74, 6) is 7.29. The normalized spacial score (nSPS) is 12.4. The Labute approximate surface area is 201 Å². The van der Waals surface area contributed by atoms with Gasteiger partial charge in [-0.1, -0.05) is 48.5 Å². The lowest BCUT2D eigenvalue weighted by Crippen LogP contribution is -2.31. The number of nitrogens with zero attached hydrogens (tertiary/aromatic N) is 3. The summed E-state index contributed by atoms with van der Waals surface area (Å²) in [6, 6.07) is 22.7. The van der Waals surface area contributed by atoms with Crippen LogP contribution in [0, 0.1) is 6.92 Å². The van der Waals surface area contributed by atoms with Crippen LogP contribution in [-0.2, 0) is 15.9 Å². The Hall–Kier alpha value is -3.88. The third-order valence-corrected chi connectivity index (χ3v) is 6.00. The number of hydrogen-bond acceptors (Lipinski definition) is 5. The summed E-state index contributed by atoms with van der Waals surface area (Å²) in [5.41, 5.74) is 10.9. The zero-order valence-electron chi connectivity index (χ0n) is 18.9. The Morgan fingerprint density at radius 1 is 1.09 bits per heavy atom. The maximum absolute atomic E-state index is 14.0. The molecule has 34 heavy (non-hydrogen) atoms. The summed E-state index contributed by atoms with van der Waals surface area (Å²) in [6.07, 6.45) is 1.93. The van der Waals surface area contributed by atoms with Crippen molar-refractivity contribution in [3.8, 4) is 16.8 Å². The fourth-order valence-corrected chi connectivity index (χ4v) is 4.12. The summed E-state index contributed by atoms with van der Waals surface area (Å²) in [5, 5.41) is 1.51. The van der Waals surface area contributed by atoms with E-state index in [1.54, 1.807) is 12.3 Å². The average molecular weight is 475 g/mol. The lowest BCUT2D eigenvalue weighted by molar-refractivity contribution is 0.366. The Morgan fingerprint density at radius 3 is 2.47 bits per heavy atom. The summed E-state index contributed by atoms with van der Waals surface area (Å²) in [6.45, 7) is 3.27. The largest absolute Gasteiger partial charge is 0.505 e. The first-order chi connectivity index (χ1) is 16.4. The fourth-order valence-electron chi connectivity index (χ4n) is 3.81. The van der Waals surface area contributed by atoms with Crippen LogP contribution in [0.4, 0.5) is 10.1 Å². The average Bonchev–Trinajstić information content (AvgIpc) is 3.26. The number of halogens is 1. The number of hydrazine groups is 1. The van der Waals surface area contributed by atoms with Gasteiger partial charge in [-0.2, -0.15) is 0 Å². The fraction of sp³-hybridized carbons (Fsp3) is 0.115. The van der Waals surface area contributed by atoms with Gasteiger partial charge in [0.1, 0.15) is 12.0 Å².